The minimum atomic E-state index is -0.691. The molecule has 0 aliphatic carbocycles. The van der Waals surface area contributed by atoms with Crippen LogP contribution < -0.4 is 4.74 Å². The van der Waals surface area contributed by atoms with Crippen molar-refractivity contribution in [3.8, 4) is 5.75 Å². The SMILES string of the molecule is COc1ccc(CCN2C(=O)N(C(C)C)C(=O)C23CCN(C(C)CSC)CC3)cc1. The van der Waals surface area contributed by atoms with Gasteiger partial charge in [-0.2, -0.15) is 11.8 Å². The molecule has 0 N–H and O–H groups in total. The monoisotopic (exact) mass is 433 g/mol. The van der Waals surface area contributed by atoms with Crippen LogP contribution >= 0.6 is 11.8 Å². The molecular weight excluding hydrogens is 398 g/mol. The Morgan fingerprint density at radius 1 is 1.10 bits per heavy atom. The number of ether oxygens (including phenoxy) is 1. The number of carbonyl (C=O) groups is 2. The number of piperidine rings is 1. The Hall–Kier alpha value is -1.73. The highest BCUT2D eigenvalue weighted by Gasteiger charge is 2.58. The average Bonchev–Trinajstić information content (AvgIpc) is 2.93. The molecule has 166 valence electrons. The predicted octanol–water partition coefficient (Wildman–Crippen LogP) is 3.50. The maximum atomic E-state index is 13.5. The van der Waals surface area contributed by atoms with Gasteiger partial charge in [-0.1, -0.05) is 12.1 Å². The van der Waals surface area contributed by atoms with Gasteiger partial charge in [0.05, 0.1) is 7.11 Å². The number of amides is 3. The first-order valence-corrected chi connectivity index (χ1v) is 12.2. The fourth-order valence-electron chi connectivity index (χ4n) is 4.70. The zero-order valence-corrected chi connectivity index (χ0v) is 19.7. The molecule has 1 spiro atoms. The predicted molar refractivity (Wildman–Crippen MR) is 122 cm³/mol. The Bertz CT molecular complexity index is 745. The quantitative estimate of drug-likeness (QED) is 0.588. The Morgan fingerprint density at radius 2 is 1.73 bits per heavy atom. The molecule has 2 saturated heterocycles. The highest BCUT2D eigenvalue weighted by Crippen LogP contribution is 2.39. The molecule has 3 amide bonds. The van der Waals surface area contributed by atoms with E-state index in [4.69, 9.17) is 4.74 Å². The number of likely N-dealkylation sites (tertiary alicyclic amines) is 1. The van der Waals surface area contributed by atoms with Gasteiger partial charge in [0.25, 0.3) is 5.91 Å². The summed E-state index contributed by atoms with van der Waals surface area (Å²) in [6.07, 6.45) is 4.27. The number of rotatable bonds is 8. The summed E-state index contributed by atoms with van der Waals surface area (Å²) in [6.45, 7) is 8.36. The first kappa shape index (κ1) is 22.9. The van der Waals surface area contributed by atoms with Crippen molar-refractivity contribution >= 4 is 23.7 Å². The third-order valence-corrected chi connectivity index (χ3v) is 7.34. The van der Waals surface area contributed by atoms with Crippen LogP contribution in [0.4, 0.5) is 4.79 Å². The van der Waals surface area contributed by atoms with Crippen LogP contribution in [0.25, 0.3) is 0 Å². The summed E-state index contributed by atoms with van der Waals surface area (Å²) in [5.41, 5.74) is 0.448. The molecule has 1 atom stereocenters. The number of hydrogen-bond donors (Lipinski definition) is 0. The molecule has 2 aliphatic heterocycles. The van der Waals surface area contributed by atoms with Crippen LogP contribution in [0, 0.1) is 0 Å². The number of imide groups is 1. The maximum absolute atomic E-state index is 13.5. The van der Waals surface area contributed by atoms with Crippen LogP contribution in [0.5, 0.6) is 5.75 Å². The summed E-state index contributed by atoms with van der Waals surface area (Å²) in [7, 11) is 1.65. The lowest BCUT2D eigenvalue weighted by Crippen LogP contribution is -2.58. The van der Waals surface area contributed by atoms with Crippen LogP contribution in [0.3, 0.4) is 0 Å². The lowest BCUT2D eigenvalue weighted by Gasteiger charge is -2.44. The number of benzene rings is 1. The number of methoxy groups -OCH3 is 1. The van der Waals surface area contributed by atoms with Crippen LogP contribution in [-0.4, -0.2) is 83.0 Å². The molecule has 0 bridgehead atoms. The van der Waals surface area contributed by atoms with Crippen molar-refractivity contribution in [3.05, 3.63) is 29.8 Å². The molecule has 3 rings (SSSR count). The zero-order valence-electron chi connectivity index (χ0n) is 18.9. The Balaban J connectivity index is 1.78. The molecular formula is C23H35N3O3S. The highest BCUT2D eigenvalue weighted by molar-refractivity contribution is 7.98. The van der Waals surface area contributed by atoms with Crippen molar-refractivity contribution in [1.29, 1.82) is 0 Å². The Kier molecular flexibility index (Phi) is 7.34. The van der Waals surface area contributed by atoms with Gasteiger partial charge in [0.15, 0.2) is 0 Å². The van der Waals surface area contributed by atoms with Gasteiger partial charge in [0, 0.05) is 37.5 Å². The van der Waals surface area contributed by atoms with E-state index < -0.39 is 5.54 Å². The second-order valence-electron chi connectivity index (χ2n) is 8.67. The van der Waals surface area contributed by atoms with E-state index in [2.05, 4.69) is 18.1 Å². The summed E-state index contributed by atoms with van der Waals surface area (Å²) >= 11 is 1.85. The van der Waals surface area contributed by atoms with Crippen LogP contribution in [0.1, 0.15) is 39.2 Å². The normalized spacial score (nSPS) is 20.5. The second-order valence-corrected chi connectivity index (χ2v) is 9.58. The number of hydrogen-bond acceptors (Lipinski definition) is 5. The van der Waals surface area contributed by atoms with Crippen molar-refractivity contribution in [2.24, 2.45) is 0 Å². The van der Waals surface area contributed by atoms with E-state index in [0.29, 0.717) is 25.4 Å². The average molecular weight is 434 g/mol. The first-order valence-electron chi connectivity index (χ1n) is 10.8. The van der Waals surface area contributed by atoms with E-state index in [1.54, 1.807) is 7.11 Å². The fraction of sp³-hybridized carbons (Fsp3) is 0.652. The van der Waals surface area contributed by atoms with Crippen LogP contribution in [-0.2, 0) is 11.2 Å². The smallest absolute Gasteiger partial charge is 0.327 e. The van der Waals surface area contributed by atoms with E-state index >= 15 is 0 Å². The van der Waals surface area contributed by atoms with Crippen molar-refractivity contribution in [2.45, 2.75) is 57.7 Å². The Morgan fingerprint density at radius 3 is 2.27 bits per heavy atom. The molecule has 0 aromatic heterocycles. The van der Waals surface area contributed by atoms with E-state index in [1.807, 2.05) is 54.8 Å². The van der Waals surface area contributed by atoms with Gasteiger partial charge in [0.2, 0.25) is 0 Å². The largest absolute Gasteiger partial charge is 0.497 e. The van der Waals surface area contributed by atoms with E-state index in [0.717, 1.165) is 36.6 Å². The standard InChI is InChI=1S/C23H35N3O3S/c1-17(2)26-21(27)23(11-14-24(15-12-23)18(3)16-30-5)25(22(26)28)13-10-19-6-8-20(29-4)9-7-19/h6-9,17-18H,10-16H2,1-5H3. The molecule has 2 aliphatic rings. The second kappa shape index (κ2) is 9.60. The molecule has 1 aromatic carbocycles. The summed E-state index contributed by atoms with van der Waals surface area (Å²) in [5, 5.41) is 0. The van der Waals surface area contributed by atoms with Crippen LogP contribution in [0.2, 0.25) is 0 Å². The molecule has 0 saturated carbocycles. The van der Waals surface area contributed by atoms with Gasteiger partial charge in [0.1, 0.15) is 11.3 Å². The fourth-order valence-corrected chi connectivity index (χ4v) is 5.40. The molecule has 0 radical (unpaired) electrons. The van der Waals surface area contributed by atoms with E-state index in [-0.39, 0.29) is 18.0 Å². The zero-order chi connectivity index (χ0) is 21.9. The van der Waals surface area contributed by atoms with Gasteiger partial charge in [-0.25, -0.2) is 4.79 Å². The van der Waals surface area contributed by atoms with Crippen molar-refractivity contribution in [3.63, 3.8) is 0 Å². The minimum absolute atomic E-state index is 0.00518. The number of thioether (sulfide) groups is 1. The van der Waals surface area contributed by atoms with Crippen molar-refractivity contribution < 1.29 is 14.3 Å². The number of urea groups is 1. The van der Waals surface area contributed by atoms with Gasteiger partial charge in [-0.3, -0.25) is 14.6 Å². The summed E-state index contributed by atoms with van der Waals surface area (Å²) in [5.74, 6) is 1.90. The van der Waals surface area contributed by atoms with E-state index in [1.165, 1.54) is 4.90 Å². The van der Waals surface area contributed by atoms with Gasteiger partial charge in [-0.05, 0) is 64.0 Å². The third-order valence-electron chi connectivity index (χ3n) is 6.53. The third kappa shape index (κ3) is 4.33. The molecule has 1 unspecified atom stereocenters. The lowest BCUT2D eigenvalue weighted by atomic mass is 9.85. The topological polar surface area (TPSA) is 53.1 Å². The highest BCUT2D eigenvalue weighted by atomic mass is 32.2. The number of nitrogens with zero attached hydrogens (tertiary/aromatic N) is 3. The maximum Gasteiger partial charge on any atom is 0.327 e. The first-order chi connectivity index (χ1) is 14.3. The van der Waals surface area contributed by atoms with Gasteiger partial charge >= 0.3 is 6.03 Å². The molecule has 30 heavy (non-hydrogen) atoms. The summed E-state index contributed by atoms with van der Waals surface area (Å²) in [4.78, 5) is 32.5. The van der Waals surface area contributed by atoms with Gasteiger partial charge < -0.3 is 9.64 Å². The summed E-state index contributed by atoms with van der Waals surface area (Å²) < 4.78 is 5.23. The number of carbonyl (C=O) groups excluding carboxylic acids is 2. The Labute approximate surface area is 184 Å². The van der Waals surface area contributed by atoms with Crippen molar-refractivity contribution in [1.82, 2.24) is 14.7 Å². The molecule has 6 nitrogen and oxygen atoms in total. The van der Waals surface area contributed by atoms with Crippen molar-refractivity contribution in [2.75, 3.05) is 38.8 Å². The lowest BCUT2D eigenvalue weighted by molar-refractivity contribution is -0.136. The molecule has 2 fully saturated rings. The van der Waals surface area contributed by atoms with Crippen LogP contribution in [0.15, 0.2) is 24.3 Å². The minimum Gasteiger partial charge on any atom is -0.497 e. The summed E-state index contributed by atoms with van der Waals surface area (Å²) in [6, 6.07) is 8.16. The van der Waals surface area contributed by atoms with E-state index in [9.17, 15) is 9.59 Å². The molecule has 7 heteroatoms. The molecule has 1 aromatic rings. The molecule has 2 heterocycles. The van der Waals surface area contributed by atoms with Gasteiger partial charge in [-0.15, -0.1) is 0 Å².